The Kier molecular flexibility index (Phi) is 4.05. The van der Waals surface area contributed by atoms with Crippen LogP contribution in [-0.2, 0) is 17.9 Å². The Bertz CT molecular complexity index is 742. The summed E-state index contributed by atoms with van der Waals surface area (Å²) < 4.78 is 14.5. The van der Waals surface area contributed by atoms with Crippen molar-refractivity contribution in [3.63, 3.8) is 0 Å². The number of nitrogens with zero attached hydrogens (tertiary/aromatic N) is 4. The first-order chi connectivity index (χ1) is 11.0. The Hall–Kier alpha value is -2.77. The predicted molar refractivity (Wildman–Crippen MR) is 77.0 cm³/mol. The van der Waals surface area contributed by atoms with Crippen LogP contribution >= 0.6 is 0 Å². The maximum absolute atomic E-state index is 13.3. The van der Waals surface area contributed by atoms with Gasteiger partial charge >= 0.3 is 5.97 Å². The molecule has 0 radical (unpaired) electrons. The van der Waals surface area contributed by atoms with Gasteiger partial charge in [-0.3, -0.25) is 4.79 Å². The Morgan fingerprint density at radius 3 is 2.78 bits per heavy atom. The van der Waals surface area contributed by atoms with E-state index in [1.165, 1.54) is 23.0 Å². The highest BCUT2D eigenvalue weighted by Gasteiger charge is 2.32. The second-order valence-corrected chi connectivity index (χ2v) is 5.49. The predicted octanol–water partition coefficient (Wildman–Crippen LogP) is 1.31. The molecule has 0 atom stereocenters. The number of aromatic nitrogens is 3. The van der Waals surface area contributed by atoms with Crippen molar-refractivity contribution in [3.8, 4) is 0 Å². The van der Waals surface area contributed by atoms with E-state index in [1.807, 2.05) is 0 Å². The summed E-state index contributed by atoms with van der Waals surface area (Å²) in [7, 11) is 0. The molecule has 7 nitrogen and oxygen atoms in total. The Labute approximate surface area is 131 Å². The minimum absolute atomic E-state index is 0.0912. The maximum atomic E-state index is 13.3. The highest BCUT2D eigenvalue weighted by Crippen LogP contribution is 2.28. The molecule has 1 aliphatic carbocycles. The van der Waals surface area contributed by atoms with E-state index in [9.17, 15) is 14.0 Å². The highest BCUT2D eigenvalue weighted by atomic mass is 19.1. The van der Waals surface area contributed by atoms with Crippen LogP contribution in [0.25, 0.3) is 0 Å². The van der Waals surface area contributed by atoms with Crippen molar-refractivity contribution in [2.75, 3.05) is 0 Å². The Morgan fingerprint density at radius 1 is 1.39 bits per heavy atom. The van der Waals surface area contributed by atoms with Gasteiger partial charge in [0.15, 0.2) is 5.69 Å². The number of halogens is 1. The summed E-state index contributed by atoms with van der Waals surface area (Å²) in [6.45, 7) is 0.230. The third-order valence-corrected chi connectivity index (χ3v) is 3.60. The highest BCUT2D eigenvalue weighted by molar-refractivity contribution is 5.84. The summed E-state index contributed by atoms with van der Waals surface area (Å²) in [5, 5.41) is 15.9. The van der Waals surface area contributed by atoms with Crippen molar-refractivity contribution in [3.05, 3.63) is 47.5 Å². The zero-order chi connectivity index (χ0) is 16.4. The van der Waals surface area contributed by atoms with E-state index in [0.717, 1.165) is 18.4 Å². The first kappa shape index (κ1) is 15.1. The van der Waals surface area contributed by atoms with E-state index in [0.29, 0.717) is 6.54 Å². The number of carbonyl (C=O) groups excluding carboxylic acids is 1. The molecule has 0 bridgehead atoms. The average Bonchev–Trinajstić information content (AvgIpc) is 3.23. The van der Waals surface area contributed by atoms with Gasteiger partial charge in [0.2, 0.25) is 5.91 Å². The lowest BCUT2D eigenvalue weighted by molar-refractivity contribution is -0.133. The molecular weight excluding hydrogens is 303 g/mol. The lowest BCUT2D eigenvalue weighted by Crippen LogP contribution is -2.35. The van der Waals surface area contributed by atoms with Crippen molar-refractivity contribution < 1.29 is 19.1 Å². The summed E-state index contributed by atoms with van der Waals surface area (Å²) >= 11 is 0. The fourth-order valence-corrected chi connectivity index (χ4v) is 2.34. The van der Waals surface area contributed by atoms with Gasteiger partial charge in [-0.1, -0.05) is 17.3 Å². The van der Waals surface area contributed by atoms with Crippen LogP contribution in [0.1, 0.15) is 28.9 Å². The van der Waals surface area contributed by atoms with Crippen LogP contribution in [0.2, 0.25) is 0 Å². The van der Waals surface area contributed by atoms with Gasteiger partial charge < -0.3 is 10.0 Å². The molecule has 1 saturated carbocycles. The fraction of sp³-hybridized carbons (Fsp3) is 0.333. The van der Waals surface area contributed by atoms with E-state index < -0.39 is 5.97 Å². The maximum Gasteiger partial charge on any atom is 0.358 e. The fourth-order valence-electron chi connectivity index (χ4n) is 2.34. The number of hydrogen-bond acceptors (Lipinski definition) is 4. The minimum Gasteiger partial charge on any atom is -0.476 e. The molecule has 0 spiro atoms. The number of aromatic carboxylic acids is 1. The molecule has 1 heterocycles. The first-order valence-corrected chi connectivity index (χ1v) is 7.20. The molecule has 8 heteroatoms. The summed E-state index contributed by atoms with van der Waals surface area (Å²) in [5.41, 5.74) is 0.510. The summed E-state index contributed by atoms with van der Waals surface area (Å²) in [6.07, 6.45) is 3.05. The standard InChI is InChI=1S/C15H15FN4O3/c16-11-3-1-2-10(6-11)7-20(12-4-5-12)14(21)9-19-8-13(15(22)23)17-18-19/h1-3,6,8,12H,4-5,7,9H2,(H,22,23). The number of hydrogen-bond donors (Lipinski definition) is 1. The second-order valence-electron chi connectivity index (χ2n) is 5.49. The van der Waals surface area contributed by atoms with Gasteiger partial charge in [-0.05, 0) is 30.5 Å². The van der Waals surface area contributed by atoms with E-state index >= 15 is 0 Å². The van der Waals surface area contributed by atoms with Gasteiger partial charge in [-0.15, -0.1) is 5.10 Å². The molecule has 1 N–H and O–H groups in total. The third-order valence-electron chi connectivity index (χ3n) is 3.60. The molecule has 120 valence electrons. The molecule has 1 fully saturated rings. The molecule has 0 aliphatic heterocycles. The van der Waals surface area contributed by atoms with Crippen LogP contribution in [0.4, 0.5) is 4.39 Å². The van der Waals surface area contributed by atoms with Crippen LogP contribution in [0.3, 0.4) is 0 Å². The topological polar surface area (TPSA) is 88.3 Å². The molecular formula is C15H15FN4O3. The van der Waals surface area contributed by atoms with Gasteiger partial charge in [-0.2, -0.15) is 0 Å². The lowest BCUT2D eigenvalue weighted by Gasteiger charge is -2.22. The van der Waals surface area contributed by atoms with Crippen molar-refractivity contribution in [1.29, 1.82) is 0 Å². The molecule has 2 aromatic rings. The van der Waals surface area contributed by atoms with Crippen LogP contribution < -0.4 is 0 Å². The van der Waals surface area contributed by atoms with Crippen molar-refractivity contribution in [1.82, 2.24) is 19.9 Å². The minimum atomic E-state index is -1.19. The van der Waals surface area contributed by atoms with Gasteiger partial charge in [0.05, 0.1) is 6.20 Å². The van der Waals surface area contributed by atoms with E-state index in [2.05, 4.69) is 10.3 Å². The second kappa shape index (κ2) is 6.15. The Balaban J connectivity index is 1.70. The van der Waals surface area contributed by atoms with Crippen molar-refractivity contribution in [2.45, 2.75) is 32.0 Å². The van der Waals surface area contributed by atoms with Gasteiger partial charge in [0.25, 0.3) is 0 Å². The van der Waals surface area contributed by atoms with Gasteiger partial charge in [-0.25, -0.2) is 13.9 Å². The summed E-state index contributed by atoms with van der Waals surface area (Å²) in [5.74, 6) is -1.73. The van der Waals surface area contributed by atoms with E-state index in [4.69, 9.17) is 5.11 Å². The smallest absolute Gasteiger partial charge is 0.358 e. The van der Waals surface area contributed by atoms with Gasteiger partial charge in [0.1, 0.15) is 12.4 Å². The molecule has 23 heavy (non-hydrogen) atoms. The Morgan fingerprint density at radius 2 is 2.17 bits per heavy atom. The lowest BCUT2D eigenvalue weighted by atomic mass is 10.2. The number of amides is 1. The van der Waals surface area contributed by atoms with Crippen LogP contribution in [0.5, 0.6) is 0 Å². The zero-order valence-electron chi connectivity index (χ0n) is 12.2. The molecule has 1 amide bonds. The van der Waals surface area contributed by atoms with Crippen LogP contribution in [-0.4, -0.2) is 42.9 Å². The molecule has 0 unspecified atom stereocenters. The quantitative estimate of drug-likeness (QED) is 0.867. The number of carbonyl (C=O) groups is 2. The first-order valence-electron chi connectivity index (χ1n) is 7.20. The molecule has 1 aliphatic rings. The van der Waals surface area contributed by atoms with Crippen molar-refractivity contribution in [2.24, 2.45) is 0 Å². The number of carboxylic acids is 1. The molecule has 0 saturated heterocycles. The normalized spacial score (nSPS) is 13.8. The van der Waals surface area contributed by atoms with Crippen LogP contribution in [0, 0.1) is 5.82 Å². The SMILES string of the molecule is O=C(O)c1cn(CC(=O)N(Cc2cccc(F)c2)C2CC2)nn1. The molecule has 1 aromatic carbocycles. The van der Waals surface area contributed by atoms with E-state index in [-0.39, 0.29) is 30.0 Å². The number of carboxylic acid groups (broad SMARTS) is 1. The summed E-state index contributed by atoms with van der Waals surface area (Å²) in [4.78, 5) is 24.9. The number of benzene rings is 1. The van der Waals surface area contributed by atoms with Crippen LogP contribution in [0.15, 0.2) is 30.5 Å². The third kappa shape index (κ3) is 3.71. The summed E-state index contributed by atoms with van der Waals surface area (Å²) in [6, 6.07) is 6.28. The largest absolute Gasteiger partial charge is 0.476 e. The average molecular weight is 318 g/mol. The van der Waals surface area contributed by atoms with E-state index in [1.54, 1.807) is 17.0 Å². The zero-order valence-corrected chi connectivity index (χ0v) is 12.2. The molecule has 3 rings (SSSR count). The molecule has 1 aromatic heterocycles. The van der Waals surface area contributed by atoms with Gasteiger partial charge in [0, 0.05) is 12.6 Å². The monoisotopic (exact) mass is 318 g/mol. The van der Waals surface area contributed by atoms with Crippen molar-refractivity contribution >= 4 is 11.9 Å². The number of rotatable bonds is 6.